The Morgan fingerprint density at radius 2 is 2.04 bits per heavy atom. The van der Waals surface area contributed by atoms with Crippen LogP contribution in [0.1, 0.15) is 28.9 Å². The fraction of sp³-hybridized carbons (Fsp3) is 0.300. The number of rotatable bonds is 7. The molecule has 0 fully saturated rings. The minimum atomic E-state index is -0.457. The molecule has 25 heavy (non-hydrogen) atoms. The molecule has 130 valence electrons. The fourth-order valence-electron chi connectivity index (χ4n) is 3.08. The van der Waals surface area contributed by atoms with Gasteiger partial charge in [0.05, 0.1) is 12.4 Å². The zero-order valence-electron chi connectivity index (χ0n) is 14.4. The van der Waals surface area contributed by atoms with E-state index in [1.807, 2.05) is 6.07 Å². The number of nitrogens with one attached hydrogen (secondary N) is 1. The lowest BCUT2D eigenvalue weighted by molar-refractivity contribution is 0.0958. The van der Waals surface area contributed by atoms with E-state index in [4.69, 9.17) is 0 Å². The molecule has 1 heterocycles. The molecule has 0 saturated carbocycles. The van der Waals surface area contributed by atoms with Gasteiger partial charge in [0.2, 0.25) is 0 Å². The summed E-state index contributed by atoms with van der Waals surface area (Å²) in [5.41, 5.74) is 1.68. The molecule has 0 aliphatic heterocycles. The molecular weight excluding hydrogens is 314 g/mol. The molecule has 3 aromatic rings. The van der Waals surface area contributed by atoms with Gasteiger partial charge in [-0.3, -0.25) is 4.79 Å². The van der Waals surface area contributed by atoms with Crippen molar-refractivity contribution in [1.82, 2.24) is 14.9 Å². The number of aliphatic hydroxyl groups excluding tert-OH is 1. The van der Waals surface area contributed by atoms with E-state index in [9.17, 15) is 9.90 Å². The highest BCUT2D eigenvalue weighted by Gasteiger charge is 2.10. The van der Waals surface area contributed by atoms with Crippen LogP contribution in [-0.2, 0) is 13.0 Å². The third kappa shape index (κ3) is 4.25. The first kappa shape index (κ1) is 17.2. The summed E-state index contributed by atoms with van der Waals surface area (Å²) in [7, 11) is 1.57. The van der Waals surface area contributed by atoms with E-state index < -0.39 is 6.10 Å². The summed E-state index contributed by atoms with van der Waals surface area (Å²) in [6, 6.07) is 14.7. The molecule has 2 aromatic carbocycles. The molecule has 0 aliphatic carbocycles. The van der Waals surface area contributed by atoms with Crippen LogP contribution in [0.25, 0.3) is 10.8 Å². The lowest BCUT2D eigenvalue weighted by Gasteiger charge is -2.12. The molecule has 0 aliphatic rings. The van der Waals surface area contributed by atoms with Crippen molar-refractivity contribution in [3.63, 3.8) is 0 Å². The number of aliphatic hydroxyl groups is 1. The Morgan fingerprint density at radius 3 is 2.88 bits per heavy atom. The van der Waals surface area contributed by atoms with Gasteiger partial charge in [0.15, 0.2) is 0 Å². The Kier molecular flexibility index (Phi) is 5.46. The quantitative estimate of drug-likeness (QED) is 0.697. The molecule has 1 atom stereocenters. The standard InChI is InChI=1S/C20H23N3O2/c1-21-20(25)19-13-23(14-22-19)12-17(24)10-5-9-16-8-4-7-15-6-2-3-11-18(15)16/h2-4,6-8,11,13-14,17,24H,5,9-10,12H2,1H3,(H,21,25)/t17-/m0/s1. The molecule has 0 bridgehead atoms. The summed E-state index contributed by atoms with van der Waals surface area (Å²) in [4.78, 5) is 15.5. The van der Waals surface area contributed by atoms with E-state index in [0.717, 1.165) is 12.8 Å². The Labute approximate surface area is 147 Å². The number of hydrogen-bond donors (Lipinski definition) is 2. The number of benzene rings is 2. The molecule has 5 heteroatoms. The average molecular weight is 337 g/mol. The minimum Gasteiger partial charge on any atom is -0.391 e. The van der Waals surface area contributed by atoms with Gasteiger partial charge in [-0.25, -0.2) is 4.98 Å². The van der Waals surface area contributed by atoms with Crippen molar-refractivity contribution in [2.75, 3.05) is 7.05 Å². The minimum absolute atomic E-state index is 0.218. The zero-order chi connectivity index (χ0) is 17.6. The van der Waals surface area contributed by atoms with Crippen LogP contribution in [0.3, 0.4) is 0 Å². The lowest BCUT2D eigenvalue weighted by atomic mass is 9.99. The normalized spacial score (nSPS) is 12.2. The lowest BCUT2D eigenvalue weighted by Crippen LogP contribution is -2.18. The van der Waals surface area contributed by atoms with Crippen molar-refractivity contribution in [2.45, 2.75) is 31.9 Å². The highest BCUT2D eigenvalue weighted by atomic mass is 16.3. The van der Waals surface area contributed by atoms with Crippen LogP contribution in [0, 0.1) is 0 Å². The Hall–Kier alpha value is -2.66. The van der Waals surface area contributed by atoms with Gasteiger partial charge in [-0.2, -0.15) is 0 Å². The number of imidazole rings is 1. The zero-order valence-corrected chi connectivity index (χ0v) is 14.4. The van der Waals surface area contributed by atoms with Crippen LogP contribution in [0.2, 0.25) is 0 Å². The smallest absolute Gasteiger partial charge is 0.271 e. The maximum Gasteiger partial charge on any atom is 0.271 e. The summed E-state index contributed by atoms with van der Waals surface area (Å²) in [5.74, 6) is -0.218. The summed E-state index contributed by atoms with van der Waals surface area (Å²) in [6.07, 6.45) is 5.33. The molecule has 0 unspecified atom stereocenters. The molecule has 2 N–H and O–H groups in total. The molecular formula is C20H23N3O2. The predicted molar refractivity (Wildman–Crippen MR) is 98.5 cm³/mol. The summed E-state index contributed by atoms with van der Waals surface area (Å²) >= 11 is 0. The molecule has 0 radical (unpaired) electrons. The fourth-order valence-corrected chi connectivity index (χ4v) is 3.08. The highest BCUT2D eigenvalue weighted by Crippen LogP contribution is 2.20. The largest absolute Gasteiger partial charge is 0.391 e. The topological polar surface area (TPSA) is 67.2 Å². The SMILES string of the molecule is CNC(=O)c1cn(C[C@@H](O)CCCc2cccc3ccccc23)cn1. The summed E-state index contributed by atoms with van der Waals surface area (Å²) in [6.45, 7) is 0.444. The number of hydrogen-bond acceptors (Lipinski definition) is 3. The first-order chi connectivity index (χ1) is 12.2. The van der Waals surface area contributed by atoms with E-state index in [1.165, 1.54) is 16.3 Å². The third-order valence-electron chi connectivity index (χ3n) is 4.38. The maximum atomic E-state index is 11.5. The predicted octanol–water partition coefficient (Wildman–Crippen LogP) is 2.78. The number of aryl methyl sites for hydroxylation is 1. The number of carbonyl (C=O) groups excluding carboxylic acids is 1. The van der Waals surface area contributed by atoms with Gasteiger partial charge in [-0.1, -0.05) is 42.5 Å². The van der Waals surface area contributed by atoms with E-state index in [1.54, 1.807) is 24.1 Å². The van der Waals surface area contributed by atoms with Crippen molar-refractivity contribution in [3.8, 4) is 0 Å². The second-order valence-electron chi connectivity index (χ2n) is 6.22. The van der Waals surface area contributed by atoms with Gasteiger partial charge in [-0.15, -0.1) is 0 Å². The van der Waals surface area contributed by atoms with Crippen molar-refractivity contribution in [1.29, 1.82) is 0 Å². The highest BCUT2D eigenvalue weighted by molar-refractivity contribution is 5.91. The van der Waals surface area contributed by atoms with Crippen molar-refractivity contribution in [3.05, 3.63) is 66.2 Å². The number of nitrogens with zero attached hydrogens (tertiary/aromatic N) is 2. The number of amides is 1. The number of fused-ring (bicyclic) bond motifs is 1. The van der Waals surface area contributed by atoms with E-state index in [-0.39, 0.29) is 5.91 Å². The van der Waals surface area contributed by atoms with Gasteiger partial charge in [-0.05, 0) is 35.6 Å². The molecule has 5 nitrogen and oxygen atoms in total. The first-order valence-electron chi connectivity index (χ1n) is 8.56. The monoisotopic (exact) mass is 337 g/mol. The van der Waals surface area contributed by atoms with Gasteiger partial charge < -0.3 is 15.0 Å². The van der Waals surface area contributed by atoms with E-state index in [0.29, 0.717) is 18.7 Å². The second kappa shape index (κ2) is 7.94. The van der Waals surface area contributed by atoms with Gasteiger partial charge in [0.1, 0.15) is 5.69 Å². The third-order valence-corrected chi connectivity index (χ3v) is 4.38. The van der Waals surface area contributed by atoms with E-state index >= 15 is 0 Å². The molecule has 0 saturated heterocycles. The van der Waals surface area contributed by atoms with Crippen molar-refractivity contribution in [2.24, 2.45) is 0 Å². The Morgan fingerprint density at radius 1 is 1.24 bits per heavy atom. The summed E-state index contributed by atoms with van der Waals surface area (Å²) < 4.78 is 1.76. The molecule has 1 amide bonds. The second-order valence-corrected chi connectivity index (χ2v) is 6.22. The van der Waals surface area contributed by atoms with Crippen LogP contribution >= 0.6 is 0 Å². The average Bonchev–Trinajstić information content (AvgIpc) is 3.09. The van der Waals surface area contributed by atoms with Crippen molar-refractivity contribution >= 4 is 16.7 Å². The van der Waals surface area contributed by atoms with E-state index in [2.05, 4.69) is 46.7 Å². The van der Waals surface area contributed by atoms with Crippen molar-refractivity contribution < 1.29 is 9.90 Å². The summed E-state index contributed by atoms with van der Waals surface area (Å²) in [5, 5.41) is 15.3. The van der Waals surface area contributed by atoms with Crippen LogP contribution in [-0.4, -0.2) is 33.7 Å². The number of carbonyl (C=O) groups is 1. The van der Waals surface area contributed by atoms with Gasteiger partial charge >= 0.3 is 0 Å². The molecule has 3 rings (SSSR count). The Balaban J connectivity index is 1.53. The Bertz CT molecular complexity index is 852. The van der Waals surface area contributed by atoms with Crippen LogP contribution in [0.4, 0.5) is 0 Å². The number of aromatic nitrogens is 2. The van der Waals surface area contributed by atoms with Crippen LogP contribution < -0.4 is 5.32 Å². The molecule has 1 aromatic heterocycles. The van der Waals surface area contributed by atoms with Crippen LogP contribution in [0.15, 0.2) is 55.0 Å². The van der Waals surface area contributed by atoms with Gasteiger partial charge in [0, 0.05) is 19.8 Å². The molecule has 0 spiro atoms. The van der Waals surface area contributed by atoms with Crippen LogP contribution in [0.5, 0.6) is 0 Å². The van der Waals surface area contributed by atoms with Gasteiger partial charge in [0.25, 0.3) is 5.91 Å². The first-order valence-corrected chi connectivity index (χ1v) is 8.56. The maximum absolute atomic E-state index is 11.5.